The van der Waals surface area contributed by atoms with E-state index in [9.17, 15) is 5.11 Å². The molecular weight excluding hydrogens is 278 g/mol. The molecule has 2 aliphatic heterocycles. The number of ether oxygens (including phenoxy) is 4. The van der Waals surface area contributed by atoms with Crippen molar-refractivity contribution in [2.75, 3.05) is 6.61 Å². The zero-order valence-corrected chi connectivity index (χ0v) is 12.6. The Morgan fingerprint density at radius 2 is 1.90 bits per heavy atom. The third-order valence-electron chi connectivity index (χ3n) is 4.25. The van der Waals surface area contributed by atoms with Crippen LogP contribution in [0.1, 0.15) is 34.1 Å². The summed E-state index contributed by atoms with van der Waals surface area (Å²) in [6.45, 7) is 7.53. The second-order valence-electron chi connectivity index (χ2n) is 6.84. The molecule has 21 heavy (non-hydrogen) atoms. The first kappa shape index (κ1) is 15.0. The Morgan fingerprint density at radius 1 is 1.19 bits per heavy atom. The van der Waals surface area contributed by atoms with Crippen LogP contribution in [0.2, 0.25) is 0 Å². The average molecular weight is 299 g/mol. The Hall–Kier alpha value is -0.890. The standard InChI is InChI=1S/C13H21N3O5/c1-11(2)18-6-13(21-11)5-7(15-16-14)8(17)9-10(13)20-12(3,4)19-9/h7-10,17H,5-6H2,1-4H3/t7-,8-,9+,10-,13-/m0/s1. The summed E-state index contributed by atoms with van der Waals surface area (Å²) in [7, 11) is 0. The van der Waals surface area contributed by atoms with Crippen LogP contribution in [0.3, 0.4) is 0 Å². The molecule has 8 heteroatoms. The summed E-state index contributed by atoms with van der Waals surface area (Å²) in [6, 6.07) is -0.633. The minimum atomic E-state index is -0.925. The summed E-state index contributed by atoms with van der Waals surface area (Å²) < 4.78 is 23.5. The van der Waals surface area contributed by atoms with E-state index in [2.05, 4.69) is 10.0 Å². The molecule has 2 saturated heterocycles. The molecule has 0 bridgehead atoms. The van der Waals surface area contributed by atoms with E-state index in [1.807, 2.05) is 13.8 Å². The van der Waals surface area contributed by atoms with E-state index >= 15 is 0 Å². The normalized spacial score (nSPS) is 47.1. The molecule has 0 amide bonds. The monoisotopic (exact) mass is 299 g/mol. The highest BCUT2D eigenvalue weighted by molar-refractivity contribution is 5.12. The maximum absolute atomic E-state index is 10.4. The Morgan fingerprint density at radius 3 is 2.48 bits per heavy atom. The zero-order chi connectivity index (χ0) is 15.5. The third kappa shape index (κ3) is 2.42. The molecular formula is C13H21N3O5. The van der Waals surface area contributed by atoms with Gasteiger partial charge in [0.2, 0.25) is 0 Å². The van der Waals surface area contributed by atoms with E-state index in [4.69, 9.17) is 24.5 Å². The van der Waals surface area contributed by atoms with Gasteiger partial charge < -0.3 is 24.1 Å². The molecule has 5 atom stereocenters. The van der Waals surface area contributed by atoms with Gasteiger partial charge in [0.1, 0.15) is 17.8 Å². The van der Waals surface area contributed by atoms with Crippen LogP contribution in [0.5, 0.6) is 0 Å². The van der Waals surface area contributed by atoms with E-state index in [0.717, 1.165) is 0 Å². The number of aliphatic hydroxyl groups is 1. The van der Waals surface area contributed by atoms with Gasteiger partial charge in [-0.25, -0.2) is 0 Å². The first-order valence-corrected chi connectivity index (χ1v) is 7.10. The SMILES string of the molecule is CC1(C)O[C@@H]2[C@@H](O)[C@@H](N=[N+]=[N-])C[C@]3(COC(C)(C)O3)[C@H]2O1. The maximum atomic E-state index is 10.4. The van der Waals surface area contributed by atoms with Crippen molar-refractivity contribution in [1.29, 1.82) is 0 Å². The lowest BCUT2D eigenvalue weighted by Crippen LogP contribution is -2.62. The van der Waals surface area contributed by atoms with Crippen molar-refractivity contribution >= 4 is 0 Å². The van der Waals surface area contributed by atoms with Crippen molar-refractivity contribution in [1.82, 2.24) is 0 Å². The van der Waals surface area contributed by atoms with Gasteiger partial charge in [0.05, 0.1) is 18.8 Å². The van der Waals surface area contributed by atoms with Crippen LogP contribution in [0.15, 0.2) is 5.11 Å². The Balaban J connectivity index is 1.97. The Labute approximate surface area is 122 Å². The minimum absolute atomic E-state index is 0.310. The second kappa shape index (κ2) is 4.55. The molecule has 1 N–H and O–H groups in total. The molecule has 0 aromatic rings. The Kier molecular flexibility index (Phi) is 3.26. The molecule has 8 nitrogen and oxygen atoms in total. The lowest BCUT2D eigenvalue weighted by atomic mass is 9.76. The van der Waals surface area contributed by atoms with Gasteiger partial charge in [-0.1, -0.05) is 5.11 Å². The number of hydrogen-bond donors (Lipinski definition) is 1. The van der Waals surface area contributed by atoms with Crippen LogP contribution in [0.25, 0.3) is 10.4 Å². The van der Waals surface area contributed by atoms with Gasteiger partial charge in [-0.2, -0.15) is 0 Å². The summed E-state index contributed by atoms with van der Waals surface area (Å²) in [5.41, 5.74) is 7.94. The van der Waals surface area contributed by atoms with Gasteiger partial charge in [-0.15, -0.1) is 0 Å². The van der Waals surface area contributed by atoms with Gasteiger partial charge in [0.15, 0.2) is 11.6 Å². The van der Waals surface area contributed by atoms with Crippen LogP contribution < -0.4 is 0 Å². The molecule has 1 spiro atoms. The van der Waals surface area contributed by atoms with Crippen molar-refractivity contribution < 1.29 is 24.1 Å². The zero-order valence-electron chi connectivity index (χ0n) is 12.6. The number of hydrogen-bond acceptors (Lipinski definition) is 6. The van der Waals surface area contributed by atoms with Gasteiger partial charge in [0, 0.05) is 4.91 Å². The van der Waals surface area contributed by atoms with Gasteiger partial charge >= 0.3 is 0 Å². The average Bonchev–Trinajstić information content (AvgIpc) is 2.85. The van der Waals surface area contributed by atoms with Crippen LogP contribution in [-0.4, -0.2) is 53.2 Å². The van der Waals surface area contributed by atoms with Crippen LogP contribution in [0, 0.1) is 0 Å². The molecule has 0 radical (unpaired) electrons. The Bertz CT molecular complexity index is 490. The van der Waals surface area contributed by atoms with E-state index in [1.54, 1.807) is 13.8 Å². The fraction of sp³-hybridized carbons (Fsp3) is 1.00. The molecule has 118 valence electrons. The highest BCUT2D eigenvalue weighted by Crippen LogP contribution is 2.49. The molecule has 3 fully saturated rings. The van der Waals surface area contributed by atoms with E-state index in [0.29, 0.717) is 13.0 Å². The van der Waals surface area contributed by atoms with Crippen molar-refractivity contribution in [3.63, 3.8) is 0 Å². The summed E-state index contributed by atoms with van der Waals surface area (Å²) in [4.78, 5) is 2.82. The fourth-order valence-corrected chi connectivity index (χ4v) is 3.52. The smallest absolute Gasteiger partial charge is 0.164 e. The predicted molar refractivity (Wildman–Crippen MR) is 71.2 cm³/mol. The van der Waals surface area contributed by atoms with E-state index in [-0.39, 0.29) is 0 Å². The van der Waals surface area contributed by atoms with Crippen molar-refractivity contribution in [3.8, 4) is 0 Å². The van der Waals surface area contributed by atoms with Crippen LogP contribution >= 0.6 is 0 Å². The van der Waals surface area contributed by atoms with Crippen molar-refractivity contribution in [2.45, 2.75) is 75.6 Å². The first-order chi connectivity index (χ1) is 9.68. The molecule has 0 aromatic heterocycles. The largest absolute Gasteiger partial charge is 0.390 e. The number of azide groups is 1. The first-order valence-electron chi connectivity index (χ1n) is 7.10. The van der Waals surface area contributed by atoms with Gasteiger partial charge in [0.25, 0.3) is 0 Å². The lowest BCUT2D eigenvalue weighted by Gasteiger charge is -2.44. The lowest BCUT2D eigenvalue weighted by molar-refractivity contribution is -0.214. The topological polar surface area (TPSA) is 106 Å². The summed E-state index contributed by atoms with van der Waals surface area (Å²) in [6.07, 6.45) is -1.66. The van der Waals surface area contributed by atoms with Crippen molar-refractivity contribution in [2.24, 2.45) is 5.11 Å². The molecule has 2 heterocycles. The quantitative estimate of drug-likeness (QED) is 0.448. The third-order valence-corrected chi connectivity index (χ3v) is 4.25. The number of fused-ring (bicyclic) bond motifs is 2. The molecule has 0 aromatic carbocycles. The highest BCUT2D eigenvalue weighted by atomic mass is 16.8. The molecule has 3 rings (SSSR count). The molecule has 3 aliphatic rings. The summed E-state index contributed by atoms with van der Waals surface area (Å²) in [5.74, 6) is -1.57. The van der Waals surface area contributed by atoms with Crippen LogP contribution in [0.4, 0.5) is 0 Å². The summed E-state index contributed by atoms with van der Waals surface area (Å²) in [5, 5.41) is 14.1. The number of rotatable bonds is 1. The van der Waals surface area contributed by atoms with E-state index in [1.165, 1.54) is 0 Å². The minimum Gasteiger partial charge on any atom is -0.390 e. The predicted octanol–water partition coefficient (Wildman–Crippen LogP) is 1.47. The molecule has 1 aliphatic carbocycles. The fourth-order valence-electron chi connectivity index (χ4n) is 3.52. The number of aliphatic hydroxyl groups excluding tert-OH is 1. The van der Waals surface area contributed by atoms with Gasteiger partial charge in [-0.3, -0.25) is 0 Å². The second-order valence-corrected chi connectivity index (χ2v) is 6.84. The molecule has 1 saturated carbocycles. The van der Waals surface area contributed by atoms with Crippen molar-refractivity contribution in [3.05, 3.63) is 10.4 Å². The summed E-state index contributed by atoms with van der Waals surface area (Å²) >= 11 is 0. The highest BCUT2D eigenvalue weighted by Gasteiger charge is 2.64. The maximum Gasteiger partial charge on any atom is 0.164 e. The van der Waals surface area contributed by atoms with Crippen LogP contribution in [-0.2, 0) is 18.9 Å². The van der Waals surface area contributed by atoms with Gasteiger partial charge in [-0.05, 0) is 39.6 Å². The molecule has 0 unspecified atom stereocenters. The number of nitrogens with zero attached hydrogens (tertiary/aromatic N) is 3. The van der Waals surface area contributed by atoms with E-state index < -0.39 is 41.5 Å².